The lowest BCUT2D eigenvalue weighted by Gasteiger charge is -2.62. The Hall–Kier alpha value is -0.900. The van der Waals surface area contributed by atoms with E-state index in [0.717, 1.165) is 12.0 Å². The molecule has 0 aromatic heterocycles. The van der Waals surface area contributed by atoms with Gasteiger partial charge in [-0.2, -0.15) is 0 Å². The van der Waals surface area contributed by atoms with Gasteiger partial charge in [-0.1, -0.05) is 32.1 Å². The van der Waals surface area contributed by atoms with Crippen LogP contribution in [0.3, 0.4) is 0 Å². The molecular formula is C21H24Cl2O3. The van der Waals surface area contributed by atoms with Gasteiger partial charge in [-0.3, -0.25) is 9.59 Å². The predicted octanol–water partition coefficient (Wildman–Crippen LogP) is 3.97. The highest BCUT2D eigenvalue weighted by Gasteiger charge is 2.71. The van der Waals surface area contributed by atoms with Gasteiger partial charge in [0.25, 0.3) is 0 Å². The van der Waals surface area contributed by atoms with Crippen molar-refractivity contribution in [2.24, 2.45) is 22.7 Å². The second-order valence-corrected chi connectivity index (χ2v) is 9.99. The van der Waals surface area contributed by atoms with Gasteiger partial charge in [0.2, 0.25) is 0 Å². The van der Waals surface area contributed by atoms with E-state index < -0.39 is 26.7 Å². The van der Waals surface area contributed by atoms with Gasteiger partial charge in [0.1, 0.15) is 5.60 Å². The van der Waals surface area contributed by atoms with E-state index in [2.05, 4.69) is 6.08 Å². The molecule has 2 saturated carbocycles. The lowest BCUT2D eigenvalue weighted by Crippen LogP contribution is -2.66. The Bertz CT molecular complexity index is 799. The van der Waals surface area contributed by atoms with Gasteiger partial charge in [-0.15, -0.1) is 23.2 Å². The van der Waals surface area contributed by atoms with Crippen molar-refractivity contribution in [2.75, 3.05) is 0 Å². The minimum atomic E-state index is -1.35. The SMILES string of the molecule is CC(=O)[C@@]1(O)CC[C@H]2[C@@H]3C=CC4=CC(=O)C=C[C@]4(C)[C@@]3(Cl)[C@@H](Cl)C[C@@]21C. The molecule has 0 aromatic carbocycles. The Kier molecular flexibility index (Phi) is 3.79. The highest BCUT2D eigenvalue weighted by molar-refractivity contribution is 6.34. The summed E-state index contributed by atoms with van der Waals surface area (Å²) in [6.07, 6.45) is 10.8. The summed E-state index contributed by atoms with van der Waals surface area (Å²) in [5, 5.41) is 10.8. The zero-order valence-electron chi connectivity index (χ0n) is 15.3. The fourth-order valence-electron chi connectivity index (χ4n) is 6.19. The minimum absolute atomic E-state index is 0.0422. The number of allylic oxidation sites excluding steroid dienone is 6. The van der Waals surface area contributed by atoms with Crippen LogP contribution in [0.15, 0.2) is 36.0 Å². The van der Waals surface area contributed by atoms with Crippen LogP contribution < -0.4 is 0 Å². The molecule has 140 valence electrons. The average molecular weight is 395 g/mol. The van der Waals surface area contributed by atoms with Gasteiger partial charge in [0.05, 0.1) is 10.3 Å². The van der Waals surface area contributed by atoms with Crippen molar-refractivity contribution >= 4 is 34.8 Å². The molecule has 4 aliphatic carbocycles. The number of hydrogen-bond acceptors (Lipinski definition) is 3. The standard InChI is InChI=1S/C21H24Cl2O3/c1-12(24)20(26)9-7-15-16-5-4-13-10-14(25)6-8-18(13,2)21(16,23)17(22)11-19(15,20)3/h4-6,8,10,15-17,26H,7,9,11H2,1-3H3/t15-,16-,17-,18-,19-,20-,21-/m0/s1. The zero-order chi connectivity index (χ0) is 19.1. The van der Waals surface area contributed by atoms with Gasteiger partial charge < -0.3 is 5.11 Å². The summed E-state index contributed by atoms with van der Waals surface area (Å²) < 4.78 is 0. The lowest BCUT2D eigenvalue weighted by atomic mass is 9.48. The van der Waals surface area contributed by atoms with Crippen LogP contribution in [-0.4, -0.2) is 32.5 Å². The molecule has 7 atom stereocenters. The van der Waals surface area contributed by atoms with E-state index in [-0.39, 0.29) is 23.4 Å². The van der Waals surface area contributed by atoms with E-state index in [1.165, 1.54) is 6.92 Å². The van der Waals surface area contributed by atoms with Crippen LogP contribution in [-0.2, 0) is 9.59 Å². The van der Waals surface area contributed by atoms with Crippen molar-refractivity contribution in [3.8, 4) is 0 Å². The molecule has 0 aliphatic heterocycles. The fourth-order valence-corrected chi connectivity index (χ4v) is 7.36. The number of aliphatic hydroxyl groups is 1. The van der Waals surface area contributed by atoms with E-state index in [0.29, 0.717) is 12.8 Å². The second-order valence-electron chi connectivity index (χ2n) is 8.84. The Morgan fingerprint density at radius 3 is 2.65 bits per heavy atom. The number of ketones is 2. The Balaban J connectivity index is 1.88. The highest BCUT2D eigenvalue weighted by atomic mass is 35.5. The molecular weight excluding hydrogens is 371 g/mol. The van der Waals surface area contributed by atoms with Crippen LogP contribution in [0.1, 0.15) is 40.0 Å². The second kappa shape index (κ2) is 5.33. The van der Waals surface area contributed by atoms with Crippen LogP contribution in [0.25, 0.3) is 0 Å². The van der Waals surface area contributed by atoms with Gasteiger partial charge in [-0.05, 0) is 49.8 Å². The van der Waals surface area contributed by atoms with E-state index in [1.54, 1.807) is 12.2 Å². The molecule has 4 aliphatic rings. The number of rotatable bonds is 1. The molecule has 0 aromatic rings. The van der Waals surface area contributed by atoms with Crippen molar-refractivity contribution in [3.05, 3.63) is 36.0 Å². The zero-order valence-corrected chi connectivity index (χ0v) is 16.8. The topological polar surface area (TPSA) is 54.4 Å². The number of carbonyl (C=O) groups excluding carboxylic acids is 2. The van der Waals surface area contributed by atoms with Crippen LogP contribution >= 0.6 is 23.2 Å². The molecule has 0 amide bonds. The summed E-state index contributed by atoms with van der Waals surface area (Å²) in [5.41, 5.74) is -1.64. The smallest absolute Gasteiger partial charge is 0.178 e. The summed E-state index contributed by atoms with van der Waals surface area (Å²) in [5.74, 6) is -0.258. The van der Waals surface area contributed by atoms with Crippen molar-refractivity contribution in [1.29, 1.82) is 0 Å². The summed E-state index contributed by atoms with van der Waals surface area (Å²) in [4.78, 5) is 23.3. The molecule has 2 fully saturated rings. The Morgan fingerprint density at radius 2 is 2.00 bits per heavy atom. The van der Waals surface area contributed by atoms with Crippen LogP contribution in [0.5, 0.6) is 0 Å². The molecule has 1 N–H and O–H groups in total. The lowest BCUT2D eigenvalue weighted by molar-refractivity contribution is -0.154. The third-order valence-corrected chi connectivity index (χ3v) is 9.42. The first kappa shape index (κ1) is 18.5. The third-order valence-electron chi connectivity index (χ3n) is 7.90. The summed E-state index contributed by atoms with van der Waals surface area (Å²) in [7, 11) is 0. The quantitative estimate of drug-likeness (QED) is 0.684. The molecule has 0 bridgehead atoms. The molecule has 0 heterocycles. The highest BCUT2D eigenvalue weighted by Crippen LogP contribution is 2.70. The van der Waals surface area contributed by atoms with Crippen LogP contribution in [0.4, 0.5) is 0 Å². The van der Waals surface area contributed by atoms with Crippen molar-refractivity contribution in [2.45, 2.75) is 55.9 Å². The summed E-state index contributed by atoms with van der Waals surface area (Å²) in [6.45, 7) is 5.49. The molecule has 26 heavy (non-hydrogen) atoms. The number of halogens is 2. The molecule has 0 radical (unpaired) electrons. The first-order valence-electron chi connectivity index (χ1n) is 9.21. The van der Waals surface area contributed by atoms with E-state index in [9.17, 15) is 14.7 Å². The van der Waals surface area contributed by atoms with E-state index in [1.807, 2.05) is 26.0 Å². The molecule has 3 nitrogen and oxygen atoms in total. The van der Waals surface area contributed by atoms with Crippen LogP contribution in [0, 0.1) is 22.7 Å². The molecule has 0 unspecified atom stereocenters. The van der Waals surface area contributed by atoms with E-state index in [4.69, 9.17) is 23.2 Å². The predicted molar refractivity (Wildman–Crippen MR) is 102 cm³/mol. The maximum Gasteiger partial charge on any atom is 0.178 e. The molecule has 0 spiro atoms. The van der Waals surface area contributed by atoms with Crippen molar-refractivity contribution in [3.63, 3.8) is 0 Å². The fraction of sp³-hybridized carbons (Fsp3) is 0.619. The van der Waals surface area contributed by atoms with Crippen molar-refractivity contribution < 1.29 is 14.7 Å². The number of fused-ring (bicyclic) bond motifs is 5. The minimum Gasteiger partial charge on any atom is -0.382 e. The van der Waals surface area contributed by atoms with Gasteiger partial charge in [0, 0.05) is 16.7 Å². The van der Waals surface area contributed by atoms with E-state index >= 15 is 0 Å². The molecule has 4 rings (SSSR count). The largest absolute Gasteiger partial charge is 0.382 e. The summed E-state index contributed by atoms with van der Waals surface area (Å²) in [6, 6.07) is 0. The first-order valence-corrected chi connectivity index (χ1v) is 10.0. The third kappa shape index (κ3) is 1.90. The maximum atomic E-state index is 12.3. The first-order chi connectivity index (χ1) is 12.0. The molecule has 5 heteroatoms. The Morgan fingerprint density at radius 1 is 1.31 bits per heavy atom. The van der Waals surface area contributed by atoms with Gasteiger partial charge in [-0.25, -0.2) is 0 Å². The van der Waals surface area contributed by atoms with Crippen LogP contribution in [0.2, 0.25) is 0 Å². The van der Waals surface area contributed by atoms with Gasteiger partial charge >= 0.3 is 0 Å². The molecule has 0 saturated heterocycles. The van der Waals surface area contributed by atoms with Gasteiger partial charge in [0.15, 0.2) is 11.6 Å². The maximum absolute atomic E-state index is 12.3. The average Bonchev–Trinajstić information content (AvgIpc) is 2.83. The monoisotopic (exact) mass is 394 g/mol. The van der Waals surface area contributed by atoms with Crippen molar-refractivity contribution in [1.82, 2.24) is 0 Å². The number of Topliss-reactive ketones (excluding diaryl/α,β-unsaturated/α-hetero) is 1. The Labute approximate surface area is 164 Å². The number of carbonyl (C=O) groups is 2. The summed E-state index contributed by atoms with van der Waals surface area (Å²) >= 11 is 14.3. The number of alkyl halides is 2. The normalized spacial score (nSPS) is 52.2. The number of hydrogen-bond donors (Lipinski definition) is 1.